The van der Waals surface area contributed by atoms with Gasteiger partial charge in [0.1, 0.15) is 0 Å². The van der Waals surface area contributed by atoms with Crippen molar-refractivity contribution < 1.29 is 4.79 Å². The van der Waals surface area contributed by atoms with Crippen LogP contribution in [0.3, 0.4) is 0 Å². The van der Waals surface area contributed by atoms with Gasteiger partial charge in [-0.3, -0.25) is 9.48 Å². The lowest BCUT2D eigenvalue weighted by Crippen LogP contribution is -2.28. The van der Waals surface area contributed by atoms with Crippen molar-refractivity contribution in [2.75, 3.05) is 11.9 Å². The fraction of sp³-hybridized carbons (Fsp3) is 0.412. The Morgan fingerprint density at radius 2 is 2.14 bits per heavy atom. The predicted octanol–water partition coefficient (Wildman–Crippen LogP) is 2.63. The van der Waals surface area contributed by atoms with Crippen LogP contribution in [0.2, 0.25) is 0 Å². The Hall–Kier alpha value is -2.30. The molecule has 2 aromatic rings. The van der Waals surface area contributed by atoms with Crippen molar-refractivity contribution in [1.29, 1.82) is 0 Å². The summed E-state index contributed by atoms with van der Waals surface area (Å²) < 4.78 is 1.87. The molecule has 0 aliphatic carbocycles. The monoisotopic (exact) mass is 298 g/mol. The molecular formula is C17H22N4O. The van der Waals surface area contributed by atoms with E-state index in [1.54, 1.807) is 6.92 Å². The minimum Gasteiger partial charge on any atom is -0.375 e. The fourth-order valence-electron chi connectivity index (χ4n) is 2.99. The highest BCUT2D eigenvalue weighted by molar-refractivity contribution is 5.73. The third-order valence-corrected chi connectivity index (χ3v) is 4.49. The van der Waals surface area contributed by atoms with Crippen LogP contribution in [-0.4, -0.2) is 27.1 Å². The van der Waals surface area contributed by atoms with Gasteiger partial charge in [-0.1, -0.05) is 24.3 Å². The number of fused-ring (bicyclic) bond motifs is 1. The lowest BCUT2D eigenvalue weighted by atomic mass is 9.99. The summed E-state index contributed by atoms with van der Waals surface area (Å²) in [5.41, 5.74) is 4.66. The number of rotatable bonds is 2. The maximum Gasteiger partial charge on any atom is 0.219 e. The third kappa shape index (κ3) is 2.71. The average Bonchev–Trinajstić information content (AvgIpc) is 2.73. The second-order valence-corrected chi connectivity index (χ2v) is 5.89. The lowest BCUT2D eigenvalue weighted by molar-refractivity contribution is -0.129. The molecule has 0 spiro atoms. The molecule has 116 valence electrons. The number of nitrogens with zero attached hydrogens (tertiary/aromatic N) is 3. The molecule has 1 aliphatic rings. The number of aromatic nitrogens is 2. The van der Waals surface area contributed by atoms with Crippen LogP contribution >= 0.6 is 0 Å². The van der Waals surface area contributed by atoms with Crippen LogP contribution in [0.15, 0.2) is 30.5 Å². The Kier molecular flexibility index (Phi) is 3.88. The van der Waals surface area contributed by atoms with Gasteiger partial charge >= 0.3 is 0 Å². The van der Waals surface area contributed by atoms with E-state index in [4.69, 9.17) is 0 Å². The average molecular weight is 298 g/mol. The summed E-state index contributed by atoms with van der Waals surface area (Å²) in [5.74, 6) is 0.132. The van der Waals surface area contributed by atoms with Gasteiger partial charge in [-0.2, -0.15) is 5.10 Å². The molecule has 1 atom stereocenters. The van der Waals surface area contributed by atoms with Crippen molar-refractivity contribution in [3.8, 4) is 0 Å². The van der Waals surface area contributed by atoms with E-state index in [1.807, 2.05) is 28.9 Å². The maximum absolute atomic E-state index is 11.8. The Balaban J connectivity index is 1.91. The van der Waals surface area contributed by atoms with Crippen molar-refractivity contribution >= 4 is 11.6 Å². The lowest BCUT2D eigenvalue weighted by Gasteiger charge is -2.20. The number of hydrogen-bond acceptors (Lipinski definition) is 3. The van der Waals surface area contributed by atoms with Crippen molar-refractivity contribution in [2.24, 2.45) is 7.05 Å². The van der Waals surface area contributed by atoms with Crippen molar-refractivity contribution in [1.82, 2.24) is 14.7 Å². The highest BCUT2D eigenvalue weighted by Gasteiger charge is 2.24. The zero-order valence-electron chi connectivity index (χ0n) is 13.3. The molecule has 3 rings (SSSR count). The molecule has 1 unspecified atom stereocenters. The minimum absolute atomic E-state index is 0.132. The van der Waals surface area contributed by atoms with Crippen molar-refractivity contribution in [3.05, 3.63) is 47.3 Å². The zero-order valence-corrected chi connectivity index (χ0v) is 13.3. The van der Waals surface area contributed by atoms with Crippen LogP contribution in [0.5, 0.6) is 0 Å². The highest BCUT2D eigenvalue weighted by Crippen LogP contribution is 2.30. The highest BCUT2D eigenvalue weighted by atomic mass is 16.2. The van der Waals surface area contributed by atoms with Gasteiger partial charge in [0.05, 0.1) is 23.6 Å². The van der Waals surface area contributed by atoms with Crippen LogP contribution in [0.1, 0.15) is 36.2 Å². The molecular weight excluding hydrogens is 276 g/mol. The fourth-order valence-corrected chi connectivity index (χ4v) is 2.99. The van der Waals surface area contributed by atoms with Crippen molar-refractivity contribution in [3.63, 3.8) is 0 Å². The second kappa shape index (κ2) is 5.83. The molecule has 0 saturated carbocycles. The van der Waals surface area contributed by atoms with E-state index in [1.165, 1.54) is 11.1 Å². The van der Waals surface area contributed by atoms with Gasteiger partial charge in [-0.15, -0.1) is 0 Å². The molecule has 1 amide bonds. The summed E-state index contributed by atoms with van der Waals surface area (Å²) in [6.07, 6.45) is 2.76. The summed E-state index contributed by atoms with van der Waals surface area (Å²) in [5, 5.41) is 7.90. The van der Waals surface area contributed by atoms with Gasteiger partial charge in [-0.05, 0) is 24.5 Å². The Morgan fingerprint density at radius 1 is 1.36 bits per heavy atom. The van der Waals surface area contributed by atoms with E-state index in [0.717, 1.165) is 24.3 Å². The number of hydrogen-bond donors (Lipinski definition) is 1. The first kappa shape index (κ1) is 14.6. The summed E-state index contributed by atoms with van der Waals surface area (Å²) in [7, 11) is 1.94. The Labute approximate surface area is 130 Å². The Morgan fingerprint density at radius 3 is 2.82 bits per heavy atom. The molecule has 2 heterocycles. The molecule has 0 saturated heterocycles. The van der Waals surface area contributed by atoms with Gasteiger partial charge in [0, 0.05) is 27.1 Å². The van der Waals surface area contributed by atoms with Crippen LogP contribution < -0.4 is 5.32 Å². The molecule has 1 aliphatic heterocycles. The first-order valence-corrected chi connectivity index (χ1v) is 7.64. The number of carbonyl (C=O) groups is 1. The molecule has 5 heteroatoms. The number of benzene rings is 1. The first-order valence-electron chi connectivity index (χ1n) is 7.64. The largest absolute Gasteiger partial charge is 0.375 e. The summed E-state index contributed by atoms with van der Waals surface area (Å²) >= 11 is 0. The number of amides is 1. The molecule has 22 heavy (non-hydrogen) atoms. The third-order valence-electron chi connectivity index (χ3n) is 4.49. The van der Waals surface area contributed by atoms with E-state index in [9.17, 15) is 4.79 Å². The van der Waals surface area contributed by atoms with Crippen LogP contribution in [0, 0.1) is 6.92 Å². The van der Waals surface area contributed by atoms with Gasteiger partial charge < -0.3 is 10.2 Å². The van der Waals surface area contributed by atoms with Gasteiger partial charge in [-0.25, -0.2) is 0 Å². The second-order valence-electron chi connectivity index (χ2n) is 5.89. The number of anilines is 1. The minimum atomic E-state index is 0.132. The van der Waals surface area contributed by atoms with Crippen LogP contribution in [-0.2, 0) is 18.4 Å². The molecule has 0 fully saturated rings. The maximum atomic E-state index is 11.8. The van der Waals surface area contributed by atoms with Gasteiger partial charge in [0.15, 0.2) is 0 Å². The van der Waals surface area contributed by atoms with Gasteiger partial charge in [0.25, 0.3) is 0 Å². The molecule has 1 aromatic carbocycles. The first-order chi connectivity index (χ1) is 10.6. The zero-order chi connectivity index (χ0) is 15.7. The van der Waals surface area contributed by atoms with E-state index in [0.29, 0.717) is 6.54 Å². The summed E-state index contributed by atoms with van der Waals surface area (Å²) in [6.45, 7) is 5.15. The van der Waals surface area contributed by atoms with E-state index in [2.05, 4.69) is 35.5 Å². The van der Waals surface area contributed by atoms with Crippen molar-refractivity contribution in [2.45, 2.75) is 32.9 Å². The van der Waals surface area contributed by atoms with E-state index in [-0.39, 0.29) is 11.9 Å². The molecule has 1 aromatic heterocycles. The normalized spacial score (nSPS) is 17.8. The predicted molar refractivity (Wildman–Crippen MR) is 86.5 cm³/mol. The standard InChI is InChI=1S/C17H22N4O/c1-12-17(10-18-20(12)3)19-16-8-9-21(13(2)22)11-14-6-4-5-7-15(14)16/h4-7,10,16,19H,8-9,11H2,1-3H3. The van der Waals surface area contributed by atoms with E-state index >= 15 is 0 Å². The van der Waals surface area contributed by atoms with Crippen LogP contribution in [0.4, 0.5) is 5.69 Å². The smallest absolute Gasteiger partial charge is 0.219 e. The topological polar surface area (TPSA) is 50.2 Å². The molecule has 0 bridgehead atoms. The molecule has 0 radical (unpaired) electrons. The summed E-state index contributed by atoms with van der Waals surface area (Å²) in [4.78, 5) is 13.7. The van der Waals surface area contributed by atoms with E-state index < -0.39 is 0 Å². The quantitative estimate of drug-likeness (QED) is 0.927. The number of carbonyl (C=O) groups excluding carboxylic acids is 1. The molecule has 5 nitrogen and oxygen atoms in total. The molecule has 1 N–H and O–H groups in total. The van der Waals surface area contributed by atoms with Crippen LogP contribution in [0.25, 0.3) is 0 Å². The number of nitrogens with one attached hydrogen (secondary N) is 1. The summed E-state index contributed by atoms with van der Waals surface area (Å²) in [6, 6.07) is 8.56. The Bertz CT molecular complexity index is 692. The SMILES string of the molecule is CC(=O)N1CCC(Nc2cnn(C)c2C)c2ccccc2C1. The van der Waals surface area contributed by atoms with Gasteiger partial charge in [0.2, 0.25) is 5.91 Å². The number of aryl methyl sites for hydroxylation is 1.